The number of nitrogens with one attached hydrogen (secondary N) is 1. The summed E-state index contributed by atoms with van der Waals surface area (Å²) in [6, 6.07) is 14.2. The summed E-state index contributed by atoms with van der Waals surface area (Å²) in [4.78, 5) is 21.8. The van der Waals surface area contributed by atoms with Crippen molar-refractivity contribution in [2.45, 2.75) is 12.5 Å². The van der Waals surface area contributed by atoms with E-state index in [1.807, 2.05) is 30.3 Å². The van der Waals surface area contributed by atoms with Crippen molar-refractivity contribution in [1.29, 1.82) is 0 Å². The SMILES string of the molecule is O=C(O)[C@H](Cc1ccccc1)Nc1ccccc1[N+](=O)[O-]. The smallest absolute Gasteiger partial charge is 0.326 e. The van der Waals surface area contributed by atoms with Gasteiger partial charge in [0.25, 0.3) is 5.69 Å². The molecule has 0 fully saturated rings. The molecule has 6 heteroatoms. The number of rotatable bonds is 6. The number of carboxylic acids is 1. The number of nitrogens with zero attached hydrogens (tertiary/aromatic N) is 1. The van der Waals surface area contributed by atoms with Crippen molar-refractivity contribution in [1.82, 2.24) is 0 Å². The number of nitro groups is 1. The molecule has 0 saturated carbocycles. The van der Waals surface area contributed by atoms with Gasteiger partial charge in [-0.1, -0.05) is 42.5 Å². The summed E-state index contributed by atoms with van der Waals surface area (Å²) in [5.41, 5.74) is 0.902. The summed E-state index contributed by atoms with van der Waals surface area (Å²) in [6.07, 6.45) is 0.238. The van der Waals surface area contributed by atoms with Gasteiger partial charge in [0.1, 0.15) is 11.7 Å². The molecule has 2 N–H and O–H groups in total. The van der Waals surface area contributed by atoms with Gasteiger partial charge >= 0.3 is 5.97 Å². The Labute approximate surface area is 121 Å². The van der Waals surface area contributed by atoms with Gasteiger partial charge in [0.2, 0.25) is 0 Å². The molecule has 2 rings (SSSR count). The zero-order chi connectivity index (χ0) is 15.2. The molecular formula is C15H14N2O4. The average molecular weight is 286 g/mol. The van der Waals surface area contributed by atoms with Crippen LogP contribution in [0, 0.1) is 10.1 Å². The molecule has 21 heavy (non-hydrogen) atoms. The van der Waals surface area contributed by atoms with Gasteiger partial charge in [-0.3, -0.25) is 10.1 Å². The second-order valence-electron chi connectivity index (χ2n) is 4.50. The molecule has 0 aromatic heterocycles. The molecule has 1 atom stereocenters. The number of carboxylic acid groups (broad SMARTS) is 1. The fraction of sp³-hybridized carbons (Fsp3) is 0.133. The quantitative estimate of drug-likeness (QED) is 0.629. The molecule has 0 radical (unpaired) electrons. The van der Waals surface area contributed by atoms with Crippen molar-refractivity contribution in [3.8, 4) is 0 Å². The fourth-order valence-corrected chi connectivity index (χ4v) is 1.99. The minimum absolute atomic E-state index is 0.142. The number of hydrogen-bond acceptors (Lipinski definition) is 4. The summed E-state index contributed by atoms with van der Waals surface area (Å²) in [6.45, 7) is 0. The predicted molar refractivity (Wildman–Crippen MR) is 78.3 cm³/mol. The summed E-state index contributed by atoms with van der Waals surface area (Å²) in [7, 11) is 0. The first-order valence-corrected chi connectivity index (χ1v) is 6.34. The van der Waals surface area contributed by atoms with Gasteiger partial charge in [0.05, 0.1) is 4.92 Å². The third-order valence-electron chi connectivity index (χ3n) is 3.01. The number of carbonyl (C=O) groups is 1. The zero-order valence-electron chi connectivity index (χ0n) is 11.1. The van der Waals surface area contributed by atoms with Crippen LogP contribution < -0.4 is 5.32 Å². The van der Waals surface area contributed by atoms with Gasteiger partial charge in [-0.05, 0) is 11.6 Å². The minimum Gasteiger partial charge on any atom is -0.480 e. The molecule has 0 aliphatic carbocycles. The van der Waals surface area contributed by atoms with Crippen molar-refractivity contribution in [2.75, 3.05) is 5.32 Å². The van der Waals surface area contributed by atoms with E-state index in [0.29, 0.717) is 0 Å². The Bertz CT molecular complexity index is 643. The lowest BCUT2D eigenvalue weighted by molar-refractivity contribution is -0.384. The first kappa shape index (κ1) is 14.5. The molecule has 0 bridgehead atoms. The molecule has 0 heterocycles. The second kappa shape index (κ2) is 6.51. The van der Waals surface area contributed by atoms with E-state index >= 15 is 0 Å². The molecule has 0 aliphatic heterocycles. The summed E-state index contributed by atoms with van der Waals surface area (Å²) >= 11 is 0. The summed E-state index contributed by atoms with van der Waals surface area (Å²) in [5, 5.41) is 23.0. The molecule has 0 aliphatic rings. The van der Waals surface area contributed by atoms with Crippen molar-refractivity contribution < 1.29 is 14.8 Å². The van der Waals surface area contributed by atoms with Crippen LogP contribution in [0.3, 0.4) is 0 Å². The Hall–Kier alpha value is -2.89. The van der Waals surface area contributed by atoms with Crippen LogP contribution in [0.5, 0.6) is 0 Å². The lowest BCUT2D eigenvalue weighted by Crippen LogP contribution is -2.31. The van der Waals surface area contributed by atoms with E-state index in [2.05, 4.69) is 5.32 Å². The van der Waals surface area contributed by atoms with Crippen molar-refractivity contribution >= 4 is 17.3 Å². The van der Waals surface area contributed by atoms with E-state index in [9.17, 15) is 20.0 Å². The van der Waals surface area contributed by atoms with Gasteiger partial charge in [-0.15, -0.1) is 0 Å². The Morgan fingerprint density at radius 1 is 1.14 bits per heavy atom. The molecule has 0 unspecified atom stereocenters. The van der Waals surface area contributed by atoms with Crippen molar-refractivity contribution in [3.63, 3.8) is 0 Å². The number of nitro benzene ring substituents is 1. The van der Waals surface area contributed by atoms with Crippen LogP contribution in [0.25, 0.3) is 0 Å². The van der Waals surface area contributed by atoms with Crippen LogP contribution in [-0.4, -0.2) is 22.0 Å². The number of hydrogen-bond donors (Lipinski definition) is 2. The average Bonchev–Trinajstić information content (AvgIpc) is 2.48. The Morgan fingerprint density at radius 2 is 1.76 bits per heavy atom. The van der Waals surface area contributed by atoms with Crippen LogP contribution in [0.4, 0.5) is 11.4 Å². The molecule has 0 spiro atoms. The van der Waals surface area contributed by atoms with Crippen LogP contribution in [0.15, 0.2) is 54.6 Å². The van der Waals surface area contributed by atoms with Gasteiger partial charge in [0.15, 0.2) is 0 Å². The third kappa shape index (κ3) is 3.79. The molecule has 2 aromatic carbocycles. The fourth-order valence-electron chi connectivity index (χ4n) is 1.99. The number of anilines is 1. The summed E-state index contributed by atoms with van der Waals surface area (Å²) in [5.74, 6) is -1.06. The van der Waals surface area contributed by atoms with E-state index in [4.69, 9.17) is 0 Å². The van der Waals surface area contributed by atoms with Crippen molar-refractivity contribution in [2.24, 2.45) is 0 Å². The normalized spacial score (nSPS) is 11.6. The van der Waals surface area contributed by atoms with Crippen LogP contribution >= 0.6 is 0 Å². The first-order chi connectivity index (χ1) is 10.1. The van der Waals surface area contributed by atoms with Crippen LogP contribution in [-0.2, 0) is 11.2 Å². The number of aliphatic carboxylic acids is 1. The highest BCUT2D eigenvalue weighted by Gasteiger charge is 2.21. The largest absolute Gasteiger partial charge is 0.480 e. The van der Waals surface area contributed by atoms with Crippen LogP contribution in [0.2, 0.25) is 0 Å². The Kier molecular flexibility index (Phi) is 4.50. The molecule has 0 amide bonds. The van der Waals surface area contributed by atoms with E-state index in [-0.39, 0.29) is 17.8 Å². The monoisotopic (exact) mass is 286 g/mol. The summed E-state index contributed by atoms with van der Waals surface area (Å²) < 4.78 is 0. The maximum Gasteiger partial charge on any atom is 0.326 e. The van der Waals surface area contributed by atoms with Crippen LogP contribution in [0.1, 0.15) is 5.56 Å². The molecule has 0 saturated heterocycles. The maximum atomic E-state index is 11.4. The minimum atomic E-state index is -1.06. The zero-order valence-corrected chi connectivity index (χ0v) is 11.1. The van der Waals surface area contributed by atoms with E-state index in [1.165, 1.54) is 18.2 Å². The highest BCUT2D eigenvalue weighted by molar-refractivity contribution is 5.79. The van der Waals surface area contributed by atoms with Gasteiger partial charge in [-0.2, -0.15) is 0 Å². The lowest BCUT2D eigenvalue weighted by atomic mass is 10.1. The third-order valence-corrected chi connectivity index (χ3v) is 3.01. The molecule has 2 aromatic rings. The Morgan fingerprint density at radius 3 is 2.38 bits per heavy atom. The van der Waals surface area contributed by atoms with E-state index in [1.54, 1.807) is 6.07 Å². The number of benzene rings is 2. The topological polar surface area (TPSA) is 92.5 Å². The second-order valence-corrected chi connectivity index (χ2v) is 4.50. The number of para-hydroxylation sites is 2. The highest BCUT2D eigenvalue weighted by Crippen LogP contribution is 2.24. The Balaban J connectivity index is 2.21. The highest BCUT2D eigenvalue weighted by atomic mass is 16.6. The predicted octanol–water partition coefficient (Wildman–Crippen LogP) is 2.70. The molecular weight excluding hydrogens is 272 g/mol. The van der Waals surface area contributed by atoms with Gasteiger partial charge in [0, 0.05) is 12.5 Å². The standard InChI is InChI=1S/C15H14N2O4/c18-15(19)13(10-11-6-2-1-3-7-11)16-12-8-4-5-9-14(12)17(20)21/h1-9,13,16H,10H2,(H,18,19)/t13-/m0/s1. The van der Waals surface area contributed by atoms with Gasteiger partial charge in [-0.25, -0.2) is 4.79 Å². The molecule has 6 nitrogen and oxygen atoms in total. The first-order valence-electron chi connectivity index (χ1n) is 6.34. The van der Waals surface area contributed by atoms with Crippen molar-refractivity contribution in [3.05, 3.63) is 70.3 Å². The van der Waals surface area contributed by atoms with E-state index < -0.39 is 16.9 Å². The van der Waals surface area contributed by atoms with E-state index in [0.717, 1.165) is 5.56 Å². The molecule has 108 valence electrons. The maximum absolute atomic E-state index is 11.4. The van der Waals surface area contributed by atoms with Gasteiger partial charge < -0.3 is 10.4 Å². The lowest BCUT2D eigenvalue weighted by Gasteiger charge is -2.15.